The molecule has 5 heteroatoms. The molecule has 1 amide bonds. The number of nitrogens with one attached hydrogen (secondary N) is 1. The lowest BCUT2D eigenvalue weighted by Crippen LogP contribution is -2.47. The molecule has 0 aromatic heterocycles. The molecule has 1 heterocycles. The van der Waals surface area contributed by atoms with Crippen molar-refractivity contribution in [2.75, 3.05) is 26.7 Å². The van der Waals surface area contributed by atoms with E-state index in [9.17, 15) is 4.79 Å². The predicted molar refractivity (Wildman–Crippen MR) is 97.0 cm³/mol. The maximum atomic E-state index is 12.3. The Morgan fingerprint density at radius 2 is 1.92 bits per heavy atom. The van der Waals surface area contributed by atoms with E-state index >= 15 is 0 Å². The van der Waals surface area contributed by atoms with Crippen LogP contribution >= 0.6 is 0 Å². The minimum absolute atomic E-state index is 0.0536. The molecule has 1 aromatic carbocycles. The summed E-state index contributed by atoms with van der Waals surface area (Å²) in [6.45, 7) is 6.82. The Labute approximate surface area is 145 Å². The molecule has 3 N–H and O–H groups in total. The molecule has 0 bridgehead atoms. The Morgan fingerprint density at radius 1 is 1.29 bits per heavy atom. The van der Waals surface area contributed by atoms with Gasteiger partial charge in [-0.2, -0.15) is 0 Å². The molecule has 1 aromatic rings. The highest BCUT2D eigenvalue weighted by Crippen LogP contribution is 2.26. The number of carbonyl (C=O) groups is 1. The normalized spacial score (nSPS) is 18.8. The Morgan fingerprint density at radius 3 is 2.46 bits per heavy atom. The predicted octanol–water partition coefficient (Wildman–Crippen LogP) is 2.32. The molecule has 1 aliphatic rings. The summed E-state index contributed by atoms with van der Waals surface area (Å²) in [5.41, 5.74) is 7.25. The van der Waals surface area contributed by atoms with Gasteiger partial charge in [0.15, 0.2) is 0 Å². The molecule has 0 radical (unpaired) electrons. The maximum absolute atomic E-state index is 12.3. The number of ether oxygens (including phenoxy) is 1. The van der Waals surface area contributed by atoms with Gasteiger partial charge in [-0.15, -0.1) is 0 Å². The van der Waals surface area contributed by atoms with Gasteiger partial charge in [0, 0.05) is 6.54 Å². The first-order chi connectivity index (χ1) is 11.6. The summed E-state index contributed by atoms with van der Waals surface area (Å²) in [5, 5.41) is 3.06. The number of methoxy groups -OCH3 is 1. The summed E-state index contributed by atoms with van der Waals surface area (Å²) in [6, 6.07) is 7.87. The lowest BCUT2D eigenvalue weighted by Gasteiger charge is -2.29. The van der Waals surface area contributed by atoms with Crippen molar-refractivity contribution in [2.24, 2.45) is 11.7 Å². The van der Waals surface area contributed by atoms with Gasteiger partial charge in [0.1, 0.15) is 5.75 Å². The van der Waals surface area contributed by atoms with Gasteiger partial charge in [-0.05, 0) is 49.5 Å². The van der Waals surface area contributed by atoms with Crippen molar-refractivity contribution in [1.29, 1.82) is 0 Å². The zero-order valence-electron chi connectivity index (χ0n) is 15.1. The Balaban J connectivity index is 2.04. The molecule has 1 aliphatic heterocycles. The third kappa shape index (κ3) is 4.71. The molecule has 3 unspecified atom stereocenters. The standard InChI is InChI=1S/C19H31N3O2/c1-4-14(2)18(20)19(23)21-13-17(22-11-5-6-12-22)15-7-9-16(24-3)10-8-15/h7-10,14,17-18H,4-6,11-13,20H2,1-3H3,(H,21,23). The number of rotatable bonds is 8. The van der Waals surface area contributed by atoms with Crippen LogP contribution < -0.4 is 15.8 Å². The van der Waals surface area contributed by atoms with Gasteiger partial charge in [0.05, 0.1) is 19.2 Å². The molecule has 0 spiro atoms. The zero-order chi connectivity index (χ0) is 17.5. The number of benzene rings is 1. The molecule has 0 aliphatic carbocycles. The van der Waals surface area contributed by atoms with E-state index in [-0.39, 0.29) is 17.9 Å². The molecule has 24 heavy (non-hydrogen) atoms. The second-order valence-electron chi connectivity index (χ2n) is 6.69. The highest BCUT2D eigenvalue weighted by atomic mass is 16.5. The average molecular weight is 333 g/mol. The number of hydrogen-bond donors (Lipinski definition) is 2. The first-order valence-corrected chi connectivity index (χ1v) is 8.98. The second kappa shape index (κ2) is 9.04. The molecule has 134 valence electrons. The topological polar surface area (TPSA) is 67.6 Å². The minimum Gasteiger partial charge on any atom is -0.497 e. The average Bonchev–Trinajstić information content (AvgIpc) is 3.15. The van der Waals surface area contributed by atoms with Crippen LogP contribution in [0.3, 0.4) is 0 Å². The van der Waals surface area contributed by atoms with Crippen LogP contribution in [-0.4, -0.2) is 43.6 Å². The van der Waals surface area contributed by atoms with Gasteiger partial charge in [0.2, 0.25) is 5.91 Å². The Bertz CT molecular complexity index is 512. The third-order valence-electron chi connectivity index (χ3n) is 5.11. The lowest BCUT2D eigenvalue weighted by molar-refractivity contribution is -0.123. The van der Waals surface area contributed by atoms with Crippen molar-refractivity contribution < 1.29 is 9.53 Å². The van der Waals surface area contributed by atoms with Gasteiger partial charge in [0.25, 0.3) is 0 Å². The van der Waals surface area contributed by atoms with E-state index in [0.29, 0.717) is 6.54 Å². The fraction of sp³-hybridized carbons (Fsp3) is 0.632. The van der Waals surface area contributed by atoms with Crippen molar-refractivity contribution in [3.05, 3.63) is 29.8 Å². The van der Waals surface area contributed by atoms with Crippen LogP contribution in [0.2, 0.25) is 0 Å². The molecular weight excluding hydrogens is 302 g/mol. The van der Waals surface area contributed by atoms with Crippen molar-refractivity contribution in [1.82, 2.24) is 10.2 Å². The first-order valence-electron chi connectivity index (χ1n) is 8.98. The quantitative estimate of drug-likeness (QED) is 0.766. The summed E-state index contributed by atoms with van der Waals surface area (Å²) in [6.07, 6.45) is 3.34. The maximum Gasteiger partial charge on any atom is 0.237 e. The Hall–Kier alpha value is -1.59. The minimum atomic E-state index is -0.440. The van der Waals surface area contributed by atoms with Crippen LogP contribution in [0.15, 0.2) is 24.3 Å². The van der Waals surface area contributed by atoms with Crippen molar-refractivity contribution in [3.63, 3.8) is 0 Å². The zero-order valence-corrected chi connectivity index (χ0v) is 15.1. The van der Waals surface area contributed by atoms with Crippen LogP contribution in [0.1, 0.15) is 44.7 Å². The van der Waals surface area contributed by atoms with E-state index in [0.717, 1.165) is 25.3 Å². The summed E-state index contributed by atoms with van der Waals surface area (Å²) in [4.78, 5) is 14.8. The van der Waals surface area contributed by atoms with Gasteiger partial charge in [-0.3, -0.25) is 9.69 Å². The van der Waals surface area contributed by atoms with Crippen molar-refractivity contribution >= 4 is 5.91 Å². The largest absolute Gasteiger partial charge is 0.497 e. The molecular formula is C19H31N3O2. The fourth-order valence-electron chi connectivity index (χ4n) is 3.16. The van der Waals surface area contributed by atoms with Crippen LogP contribution in [0.5, 0.6) is 5.75 Å². The van der Waals surface area contributed by atoms with Crippen LogP contribution in [-0.2, 0) is 4.79 Å². The number of hydrogen-bond acceptors (Lipinski definition) is 4. The number of amides is 1. The lowest BCUT2D eigenvalue weighted by atomic mass is 9.99. The van der Waals surface area contributed by atoms with Gasteiger partial charge in [-0.1, -0.05) is 32.4 Å². The highest BCUT2D eigenvalue weighted by molar-refractivity contribution is 5.81. The van der Waals surface area contributed by atoms with E-state index in [1.54, 1.807) is 7.11 Å². The molecule has 5 nitrogen and oxygen atoms in total. The number of nitrogens with two attached hydrogens (primary N) is 1. The second-order valence-corrected chi connectivity index (χ2v) is 6.69. The van der Waals surface area contributed by atoms with E-state index in [4.69, 9.17) is 10.5 Å². The molecule has 1 fully saturated rings. The number of likely N-dealkylation sites (tertiary alicyclic amines) is 1. The van der Waals surface area contributed by atoms with E-state index in [1.807, 2.05) is 19.1 Å². The number of carbonyl (C=O) groups excluding carboxylic acids is 1. The fourth-order valence-corrected chi connectivity index (χ4v) is 3.16. The van der Waals surface area contributed by atoms with Crippen LogP contribution in [0, 0.1) is 5.92 Å². The van der Waals surface area contributed by atoms with Crippen LogP contribution in [0.25, 0.3) is 0 Å². The van der Waals surface area contributed by atoms with Gasteiger partial charge in [-0.25, -0.2) is 0 Å². The summed E-state index contributed by atoms with van der Waals surface area (Å²) >= 11 is 0. The van der Waals surface area contributed by atoms with Crippen LogP contribution in [0.4, 0.5) is 0 Å². The molecule has 0 saturated carbocycles. The summed E-state index contributed by atoms with van der Waals surface area (Å²) in [5.74, 6) is 0.986. The van der Waals surface area contributed by atoms with E-state index in [1.165, 1.54) is 18.4 Å². The highest BCUT2D eigenvalue weighted by Gasteiger charge is 2.26. The van der Waals surface area contributed by atoms with Gasteiger partial charge >= 0.3 is 0 Å². The molecule has 3 atom stereocenters. The first kappa shape index (κ1) is 18.7. The number of nitrogens with zero attached hydrogens (tertiary/aromatic N) is 1. The summed E-state index contributed by atoms with van der Waals surface area (Å²) in [7, 11) is 1.67. The third-order valence-corrected chi connectivity index (χ3v) is 5.11. The molecule has 1 saturated heterocycles. The van der Waals surface area contributed by atoms with Gasteiger partial charge < -0.3 is 15.8 Å². The summed E-state index contributed by atoms with van der Waals surface area (Å²) < 4.78 is 5.24. The smallest absolute Gasteiger partial charge is 0.237 e. The van der Waals surface area contributed by atoms with Crippen molar-refractivity contribution in [3.8, 4) is 5.75 Å². The van der Waals surface area contributed by atoms with E-state index in [2.05, 4.69) is 29.3 Å². The Kier molecular flexibility index (Phi) is 7.06. The molecule has 2 rings (SSSR count). The monoisotopic (exact) mass is 333 g/mol. The van der Waals surface area contributed by atoms with Crippen molar-refractivity contribution in [2.45, 2.75) is 45.2 Å². The SMILES string of the molecule is CCC(C)C(N)C(=O)NCC(c1ccc(OC)cc1)N1CCCC1. The van der Waals surface area contributed by atoms with E-state index < -0.39 is 6.04 Å².